The van der Waals surface area contributed by atoms with Crippen LogP contribution in [0.3, 0.4) is 0 Å². The van der Waals surface area contributed by atoms with Gasteiger partial charge in [-0.2, -0.15) is 0 Å². The first kappa shape index (κ1) is 10.6. The van der Waals surface area contributed by atoms with Gasteiger partial charge in [0.15, 0.2) is 5.69 Å². The van der Waals surface area contributed by atoms with Gasteiger partial charge in [-0.05, 0) is 13.0 Å². The molecule has 0 aliphatic heterocycles. The van der Waals surface area contributed by atoms with Crippen molar-refractivity contribution < 1.29 is 19.6 Å². The van der Waals surface area contributed by atoms with E-state index in [2.05, 4.69) is 14.7 Å². The van der Waals surface area contributed by atoms with Gasteiger partial charge in [-0.3, -0.25) is 0 Å². The molecule has 0 spiro atoms. The van der Waals surface area contributed by atoms with Crippen LogP contribution in [0.5, 0.6) is 0 Å². The van der Waals surface area contributed by atoms with Gasteiger partial charge in [0.25, 0.3) is 0 Å². The summed E-state index contributed by atoms with van der Waals surface area (Å²) in [4.78, 5) is 18.3. The Labute approximate surface area is 80.7 Å². The summed E-state index contributed by atoms with van der Waals surface area (Å²) >= 11 is 0. The van der Waals surface area contributed by atoms with E-state index in [9.17, 15) is 4.79 Å². The highest BCUT2D eigenvalue weighted by atomic mass is 16.5. The molecule has 7 heteroatoms. The molecule has 0 unspecified atom stereocenters. The molecular formula is C7H9BN2O4. The Morgan fingerprint density at radius 2 is 2.29 bits per heavy atom. The number of hydrogen-bond acceptors (Lipinski definition) is 6. The fourth-order valence-electron chi connectivity index (χ4n) is 0.830. The molecule has 0 aliphatic rings. The Balaban J connectivity index is 2.88. The molecule has 1 aromatic heterocycles. The molecule has 0 amide bonds. The van der Waals surface area contributed by atoms with E-state index in [0.29, 0.717) is 0 Å². The van der Waals surface area contributed by atoms with Crippen LogP contribution in [0.2, 0.25) is 0 Å². The van der Waals surface area contributed by atoms with Crippen LogP contribution in [-0.4, -0.2) is 39.7 Å². The Morgan fingerprint density at radius 1 is 1.57 bits per heavy atom. The minimum absolute atomic E-state index is 0.00458. The molecule has 6 nitrogen and oxygen atoms in total. The van der Waals surface area contributed by atoms with Gasteiger partial charge in [0.05, 0.1) is 12.2 Å². The SMILES string of the molecule is CCOC(=O)c1cc(B(O)O)ncn1. The van der Waals surface area contributed by atoms with Crippen molar-refractivity contribution in [1.29, 1.82) is 0 Å². The van der Waals surface area contributed by atoms with Crippen LogP contribution in [0.1, 0.15) is 17.4 Å². The summed E-state index contributed by atoms with van der Waals surface area (Å²) in [6.45, 7) is 1.90. The Hall–Kier alpha value is -1.47. The van der Waals surface area contributed by atoms with Crippen molar-refractivity contribution in [1.82, 2.24) is 9.97 Å². The first-order valence-corrected chi connectivity index (χ1v) is 4.00. The first-order valence-electron chi connectivity index (χ1n) is 4.00. The zero-order valence-corrected chi connectivity index (χ0v) is 7.54. The quantitative estimate of drug-likeness (QED) is 0.443. The van der Waals surface area contributed by atoms with Gasteiger partial charge >= 0.3 is 13.1 Å². The largest absolute Gasteiger partial charge is 0.508 e. The van der Waals surface area contributed by atoms with Crippen molar-refractivity contribution in [2.24, 2.45) is 0 Å². The third-order valence-corrected chi connectivity index (χ3v) is 1.44. The van der Waals surface area contributed by atoms with Crippen LogP contribution in [0.15, 0.2) is 12.4 Å². The van der Waals surface area contributed by atoms with Crippen molar-refractivity contribution in [3.8, 4) is 0 Å². The molecule has 0 fully saturated rings. The minimum Gasteiger partial charge on any atom is -0.461 e. The molecule has 1 rings (SSSR count). The molecular weight excluding hydrogens is 187 g/mol. The molecule has 1 aromatic rings. The number of rotatable bonds is 3. The van der Waals surface area contributed by atoms with Crippen LogP contribution in [0, 0.1) is 0 Å². The lowest BCUT2D eigenvalue weighted by Crippen LogP contribution is -2.33. The van der Waals surface area contributed by atoms with Gasteiger partial charge in [0.1, 0.15) is 6.33 Å². The van der Waals surface area contributed by atoms with Gasteiger partial charge in [-0.1, -0.05) is 0 Å². The second kappa shape index (κ2) is 4.68. The summed E-state index contributed by atoms with van der Waals surface area (Å²) in [6, 6.07) is 1.17. The molecule has 74 valence electrons. The highest BCUT2D eigenvalue weighted by Gasteiger charge is 2.16. The van der Waals surface area contributed by atoms with Gasteiger partial charge in [-0.25, -0.2) is 14.8 Å². The van der Waals surface area contributed by atoms with E-state index in [1.165, 1.54) is 6.07 Å². The predicted octanol–water partition coefficient (Wildman–Crippen LogP) is -1.67. The lowest BCUT2D eigenvalue weighted by atomic mass is 9.86. The number of hydrogen-bond donors (Lipinski definition) is 2. The predicted molar refractivity (Wildman–Crippen MR) is 47.8 cm³/mol. The zero-order chi connectivity index (χ0) is 10.6. The van der Waals surface area contributed by atoms with Crippen LogP contribution in [0.4, 0.5) is 0 Å². The molecule has 0 atom stereocenters. The molecule has 0 saturated heterocycles. The van der Waals surface area contributed by atoms with Crippen LogP contribution in [-0.2, 0) is 4.74 Å². The van der Waals surface area contributed by atoms with Gasteiger partial charge in [0, 0.05) is 0 Å². The van der Waals surface area contributed by atoms with Crippen molar-refractivity contribution >= 4 is 18.7 Å². The summed E-state index contributed by atoms with van der Waals surface area (Å²) < 4.78 is 4.67. The molecule has 0 radical (unpaired) electrons. The molecule has 14 heavy (non-hydrogen) atoms. The number of carbonyl (C=O) groups is 1. The zero-order valence-electron chi connectivity index (χ0n) is 7.54. The third kappa shape index (κ3) is 2.51. The summed E-state index contributed by atoms with van der Waals surface area (Å²) in [5.74, 6) is -0.614. The minimum atomic E-state index is -1.72. The monoisotopic (exact) mass is 196 g/mol. The lowest BCUT2D eigenvalue weighted by molar-refractivity contribution is 0.0519. The number of nitrogens with zero attached hydrogens (tertiary/aromatic N) is 2. The van der Waals surface area contributed by atoms with Crippen molar-refractivity contribution in [2.45, 2.75) is 6.92 Å². The van der Waals surface area contributed by atoms with E-state index in [0.717, 1.165) is 6.33 Å². The second-order valence-corrected chi connectivity index (χ2v) is 2.42. The maximum atomic E-state index is 11.1. The summed E-state index contributed by atoms with van der Waals surface area (Å²) in [5.41, 5.74) is -0.0343. The Kier molecular flexibility index (Phi) is 3.55. The summed E-state index contributed by atoms with van der Waals surface area (Å²) in [7, 11) is -1.72. The maximum Gasteiger partial charge on any atom is 0.508 e. The van der Waals surface area contributed by atoms with Crippen molar-refractivity contribution in [3.05, 3.63) is 18.1 Å². The molecule has 0 aliphatic carbocycles. The fraction of sp³-hybridized carbons (Fsp3) is 0.286. The molecule has 2 N–H and O–H groups in total. The van der Waals surface area contributed by atoms with Crippen LogP contribution in [0.25, 0.3) is 0 Å². The van der Waals surface area contributed by atoms with E-state index in [4.69, 9.17) is 10.0 Å². The highest BCUT2D eigenvalue weighted by molar-refractivity contribution is 6.57. The smallest absolute Gasteiger partial charge is 0.461 e. The van der Waals surface area contributed by atoms with E-state index in [-0.39, 0.29) is 17.9 Å². The Morgan fingerprint density at radius 3 is 2.86 bits per heavy atom. The molecule has 0 bridgehead atoms. The lowest BCUT2D eigenvalue weighted by Gasteiger charge is -2.02. The average molecular weight is 196 g/mol. The van der Waals surface area contributed by atoms with Crippen LogP contribution < -0.4 is 5.59 Å². The van der Waals surface area contributed by atoms with E-state index < -0.39 is 13.1 Å². The van der Waals surface area contributed by atoms with Crippen molar-refractivity contribution in [3.63, 3.8) is 0 Å². The van der Waals surface area contributed by atoms with Gasteiger partial charge in [-0.15, -0.1) is 0 Å². The molecule has 1 heterocycles. The number of aromatic nitrogens is 2. The topological polar surface area (TPSA) is 92.5 Å². The number of carbonyl (C=O) groups excluding carboxylic acids is 1. The molecule has 0 aromatic carbocycles. The first-order chi connectivity index (χ1) is 6.65. The maximum absolute atomic E-state index is 11.1. The van der Waals surface area contributed by atoms with E-state index in [1.807, 2.05) is 0 Å². The number of ether oxygens (including phenoxy) is 1. The highest BCUT2D eigenvalue weighted by Crippen LogP contribution is 1.93. The Bertz CT molecular complexity index is 331. The molecule has 0 saturated carbocycles. The number of esters is 1. The fourth-order valence-corrected chi connectivity index (χ4v) is 0.830. The van der Waals surface area contributed by atoms with Gasteiger partial charge in [0.2, 0.25) is 0 Å². The summed E-state index contributed by atoms with van der Waals surface area (Å²) in [6.07, 6.45) is 1.07. The van der Waals surface area contributed by atoms with E-state index in [1.54, 1.807) is 6.92 Å². The van der Waals surface area contributed by atoms with Gasteiger partial charge < -0.3 is 14.8 Å². The average Bonchev–Trinajstić information content (AvgIpc) is 2.18. The third-order valence-electron chi connectivity index (χ3n) is 1.44. The standard InChI is InChI=1S/C7H9BN2O4/c1-2-14-7(11)5-3-6(8(12)13)10-4-9-5/h3-4,12-13H,2H2,1H3. The van der Waals surface area contributed by atoms with Crippen LogP contribution >= 0.6 is 0 Å². The van der Waals surface area contributed by atoms with E-state index >= 15 is 0 Å². The van der Waals surface area contributed by atoms with Crippen molar-refractivity contribution in [2.75, 3.05) is 6.61 Å². The second-order valence-electron chi connectivity index (χ2n) is 2.42. The summed E-state index contributed by atoms with van der Waals surface area (Å²) in [5, 5.41) is 17.5. The normalized spacial score (nSPS) is 9.64.